The number of nitrogens with zero attached hydrogens (tertiary/aromatic N) is 1. The monoisotopic (exact) mass is 240 g/mol. The fourth-order valence-electron chi connectivity index (χ4n) is 3.99. The van der Waals surface area contributed by atoms with Gasteiger partial charge in [-0.15, -0.1) is 0 Å². The summed E-state index contributed by atoms with van der Waals surface area (Å²) in [5.74, 6) is 0.461. The van der Waals surface area contributed by atoms with Crippen molar-refractivity contribution in [3.05, 3.63) is 0 Å². The van der Waals surface area contributed by atoms with E-state index in [4.69, 9.17) is 5.73 Å². The Kier molecular flexibility index (Phi) is 3.81. The molecule has 2 fully saturated rings. The van der Waals surface area contributed by atoms with Gasteiger partial charge in [0.1, 0.15) is 0 Å². The Labute approximate surface area is 105 Å². The van der Waals surface area contributed by atoms with E-state index in [-0.39, 0.29) is 6.04 Å². The third-order valence-corrected chi connectivity index (χ3v) is 5.34. The lowest BCUT2D eigenvalue weighted by molar-refractivity contribution is -0.0747. The van der Waals surface area contributed by atoms with Crippen molar-refractivity contribution in [2.24, 2.45) is 11.7 Å². The molecule has 0 aromatic carbocycles. The van der Waals surface area contributed by atoms with Crippen molar-refractivity contribution >= 4 is 0 Å². The summed E-state index contributed by atoms with van der Waals surface area (Å²) in [6.07, 6.45) is 6.36. The molecule has 3 nitrogen and oxygen atoms in total. The molecule has 0 amide bonds. The number of fused-ring (bicyclic) bond motifs is 2. The van der Waals surface area contributed by atoms with Crippen LogP contribution in [-0.4, -0.2) is 40.8 Å². The summed E-state index contributed by atoms with van der Waals surface area (Å²) in [4.78, 5) is 2.45. The van der Waals surface area contributed by atoms with Crippen molar-refractivity contribution in [1.29, 1.82) is 0 Å². The van der Waals surface area contributed by atoms with Crippen LogP contribution in [0.3, 0.4) is 0 Å². The summed E-state index contributed by atoms with van der Waals surface area (Å²) in [6, 6.07) is 1.06. The zero-order valence-electron chi connectivity index (χ0n) is 11.5. The third kappa shape index (κ3) is 2.25. The zero-order valence-corrected chi connectivity index (χ0v) is 11.5. The van der Waals surface area contributed by atoms with E-state index in [9.17, 15) is 5.11 Å². The van der Waals surface area contributed by atoms with E-state index >= 15 is 0 Å². The highest BCUT2D eigenvalue weighted by molar-refractivity contribution is 5.06. The van der Waals surface area contributed by atoms with E-state index in [1.807, 2.05) is 0 Å². The third-order valence-electron chi connectivity index (χ3n) is 5.34. The standard InChI is InChI=1S/C14H28N2O/c1-4-10(5-2)13(15)14(17)8-11-6-7-12(9-14)16(11)3/h10-13,17H,4-9,15H2,1-3H3. The number of nitrogens with two attached hydrogens (primary N) is 1. The van der Waals surface area contributed by atoms with E-state index < -0.39 is 5.60 Å². The van der Waals surface area contributed by atoms with Gasteiger partial charge in [0.15, 0.2) is 0 Å². The molecule has 0 spiro atoms. The molecule has 17 heavy (non-hydrogen) atoms. The number of hydrogen-bond acceptors (Lipinski definition) is 3. The largest absolute Gasteiger partial charge is 0.388 e. The summed E-state index contributed by atoms with van der Waals surface area (Å²) in [5.41, 5.74) is 5.76. The predicted molar refractivity (Wildman–Crippen MR) is 70.8 cm³/mol. The number of hydrogen-bond donors (Lipinski definition) is 2. The number of aliphatic hydroxyl groups is 1. The Balaban J connectivity index is 2.10. The van der Waals surface area contributed by atoms with Gasteiger partial charge in [0.25, 0.3) is 0 Å². The Bertz CT molecular complexity index is 251. The lowest BCUT2D eigenvalue weighted by Crippen LogP contribution is -2.60. The first-order valence-corrected chi connectivity index (χ1v) is 7.21. The molecule has 0 saturated carbocycles. The molecule has 100 valence electrons. The van der Waals surface area contributed by atoms with Crippen molar-refractivity contribution in [2.45, 2.75) is 76.1 Å². The van der Waals surface area contributed by atoms with Gasteiger partial charge in [-0.25, -0.2) is 0 Å². The topological polar surface area (TPSA) is 49.5 Å². The summed E-state index contributed by atoms with van der Waals surface area (Å²) >= 11 is 0. The van der Waals surface area contributed by atoms with Crippen molar-refractivity contribution in [3.63, 3.8) is 0 Å². The van der Waals surface area contributed by atoms with Crippen LogP contribution in [0.25, 0.3) is 0 Å². The van der Waals surface area contributed by atoms with Crippen LogP contribution in [0.15, 0.2) is 0 Å². The molecular formula is C14H28N2O. The van der Waals surface area contributed by atoms with Gasteiger partial charge in [0, 0.05) is 18.1 Å². The lowest BCUT2D eigenvalue weighted by atomic mass is 9.74. The Hall–Kier alpha value is -0.120. The smallest absolute Gasteiger partial charge is 0.0830 e. The summed E-state index contributed by atoms with van der Waals surface area (Å²) < 4.78 is 0. The van der Waals surface area contributed by atoms with Crippen molar-refractivity contribution < 1.29 is 5.11 Å². The first-order chi connectivity index (χ1) is 8.01. The van der Waals surface area contributed by atoms with E-state index in [0.29, 0.717) is 18.0 Å². The van der Waals surface area contributed by atoms with Crippen LogP contribution in [0.5, 0.6) is 0 Å². The molecule has 0 aromatic heterocycles. The van der Waals surface area contributed by atoms with Gasteiger partial charge in [-0.1, -0.05) is 26.7 Å². The second kappa shape index (κ2) is 4.87. The molecule has 2 saturated heterocycles. The first-order valence-electron chi connectivity index (χ1n) is 7.21. The first kappa shape index (κ1) is 13.3. The van der Waals surface area contributed by atoms with Gasteiger partial charge in [-0.05, 0) is 38.6 Å². The fraction of sp³-hybridized carbons (Fsp3) is 1.00. The molecule has 3 heteroatoms. The quantitative estimate of drug-likeness (QED) is 0.787. The van der Waals surface area contributed by atoms with E-state index in [0.717, 1.165) is 25.7 Å². The van der Waals surface area contributed by atoms with Gasteiger partial charge in [-0.2, -0.15) is 0 Å². The van der Waals surface area contributed by atoms with Crippen LogP contribution in [-0.2, 0) is 0 Å². The Morgan fingerprint density at radius 3 is 2.12 bits per heavy atom. The normalized spacial score (nSPS) is 39.9. The molecule has 2 bridgehead atoms. The van der Waals surface area contributed by atoms with Crippen LogP contribution in [0.1, 0.15) is 52.4 Å². The molecule has 2 aliphatic heterocycles. The van der Waals surface area contributed by atoms with Crippen LogP contribution in [0.4, 0.5) is 0 Å². The minimum Gasteiger partial charge on any atom is -0.388 e. The van der Waals surface area contributed by atoms with Crippen molar-refractivity contribution in [1.82, 2.24) is 4.90 Å². The van der Waals surface area contributed by atoms with Gasteiger partial charge < -0.3 is 15.7 Å². The Morgan fingerprint density at radius 2 is 1.71 bits per heavy atom. The predicted octanol–water partition coefficient (Wildman–Crippen LogP) is 1.74. The van der Waals surface area contributed by atoms with Crippen LogP contribution in [0.2, 0.25) is 0 Å². The van der Waals surface area contributed by atoms with Crippen LogP contribution < -0.4 is 5.73 Å². The average molecular weight is 240 g/mol. The van der Waals surface area contributed by atoms with Gasteiger partial charge in [0.2, 0.25) is 0 Å². The number of rotatable bonds is 4. The van der Waals surface area contributed by atoms with Gasteiger partial charge >= 0.3 is 0 Å². The highest BCUT2D eigenvalue weighted by atomic mass is 16.3. The second-order valence-electron chi connectivity index (χ2n) is 6.16. The second-order valence-corrected chi connectivity index (χ2v) is 6.16. The van der Waals surface area contributed by atoms with Crippen molar-refractivity contribution in [3.8, 4) is 0 Å². The summed E-state index contributed by atoms with van der Waals surface area (Å²) in [5, 5.41) is 10.9. The molecule has 2 aliphatic rings. The molecule has 2 rings (SSSR count). The molecule has 0 radical (unpaired) electrons. The number of piperidine rings is 1. The summed E-state index contributed by atoms with van der Waals surface area (Å²) in [6.45, 7) is 4.36. The average Bonchev–Trinajstić information content (AvgIpc) is 2.54. The minimum atomic E-state index is -0.616. The maximum absolute atomic E-state index is 10.9. The van der Waals surface area contributed by atoms with E-state index in [2.05, 4.69) is 25.8 Å². The minimum absolute atomic E-state index is 0.0469. The SMILES string of the molecule is CCC(CC)C(N)C1(O)CC2CCC(C1)N2C. The van der Waals surface area contributed by atoms with Gasteiger partial charge in [0.05, 0.1) is 5.60 Å². The molecule has 0 aromatic rings. The highest BCUT2D eigenvalue weighted by Crippen LogP contribution is 2.42. The maximum atomic E-state index is 10.9. The maximum Gasteiger partial charge on any atom is 0.0830 e. The van der Waals surface area contributed by atoms with Crippen LogP contribution in [0, 0.1) is 5.92 Å². The molecule has 0 aliphatic carbocycles. The van der Waals surface area contributed by atoms with E-state index in [1.54, 1.807) is 0 Å². The molecular weight excluding hydrogens is 212 g/mol. The lowest BCUT2D eigenvalue weighted by Gasteiger charge is -2.47. The Morgan fingerprint density at radius 1 is 1.24 bits per heavy atom. The molecule has 3 atom stereocenters. The summed E-state index contributed by atoms with van der Waals surface area (Å²) in [7, 11) is 2.20. The molecule has 2 heterocycles. The molecule has 3 unspecified atom stereocenters. The molecule has 3 N–H and O–H groups in total. The van der Waals surface area contributed by atoms with E-state index in [1.165, 1.54) is 12.8 Å². The zero-order chi connectivity index (χ0) is 12.6. The van der Waals surface area contributed by atoms with Gasteiger partial charge in [-0.3, -0.25) is 0 Å². The fourth-order valence-corrected chi connectivity index (χ4v) is 3.99. The van der Waals surface area contributed by atoms with Crippen LogP contribution >= 0.6 is 0 Å². The van der Waals surface area contributed by atoms with Crippen molar-refractivity contribution in [2.75, 3.05) is 7.05 Å². The highest BCUT2D eigenvalue weighted by Gasteiger charge is 2.49.